The molecule has 0 radical (unpaired) electrons. The highest BCUT2D eigenvalue weighted by Crippen LogP contribution is 2.21. The average Bonchev–Trinajstić information content (AvgIpc) is 2.18. The minimum absolute atomic E-state index is 0.00251. The first-order valence-corrected chi connectivity index (χ1v) is 5.57. The Kier molecular flexibility index (Phi) is 4.24. The highest BCUT2D eigenvalue weighted by Gasteiger charge is 2.18. The molecule has 0 aliphatic carbocycles. The Bertz CT molecular complexity index is 316. The van der Waals surface area contributed by atoms with Crippen LogP contribution in [0.5, 0.6) is 0 Å². The van der Waals surface area contributed by atoms with Crippen molar-refractivity contribution in [2.24, 2.45) is 5.41 Å². The van der Waals surface area contributed by atoms with E-state index in [9.17, 15) is 5.11 Å². The number of nitrogens with zero attached hydrogens (tertiary/aromatic N) is 2. The fraction of sp³-hybridized carbons (Fsp3) is 0.667. The molecule has 90 valence electrons. The molecule has 0 saturated carbocycles. The normalized spacial score (nSPS) is 13.6. The topological polar surface area (TPSA) is 58.0 Å². The molecule has 4 nitrogen and oxygen atoms in total. The third-order valence-electron chi connectivity index (χ3n) is 2.19. The van der Waals surface area contributed by atoms with Crippen LogP contribution in [-0.4, -0.2) is 27.7 Å². The van der Waals surface area contributed by atoms with Gasteiger partial charge in [-0.3, -0.25) is 0 Å². The quantitative estimate of drug-likeness (QED) is 0.819. The molecular weight excluding hydrogens is 202 g/mol. The van der Waals surface area contributed by atoms with Gasteiger partial charge in [0.25, 0.3) is 0 Å². The number of aryl methyl sites for hydroxylation is 1. The summed E-state index contributed by atoms with van der Waals surface area (Å²) in [5, 5.41) is 12.4. The van der Waals surface area contributed by atoms with E-state index in [1.807, 2.05) is 6.92 Å². The van der Waals surface area contributed by atoms with Gasteiger partial charge >= 0.3 is 0 Å². The number of aliphatic hydroxyl groups is 1. The van der Waals surface area contributed by atoms with Crippen molar-refractivity contribution in [2.45, 2.75) is 40.2 Å². The van der Waals surface area contributed by atoms with Crippen LogP contribution in [-0.2, 0) is 0 Å². The predicted octanol–water partition coefficient (Wildman–Crippen LogP) is 1.99. The number of rotatable bonds is 4. The summed E-state index contributed by atoms with van der Waals surface area (Å²) in [6, 6.07) is 0.00251. The molecule has 1 rings (SSSR count). The molecule has 1 heterocycles. The van der Waals surface area contributed by atoms with E-state index in [1.54, 1.807) is 12.4 Å². The van der Waals surface area contributed by atoms with E-state index in [1.165, 1.54) is 0 Å². The Morgan fingerprint density at radius 1 is 1.31 bits per heavy atom. The van der Waals surface area contributed by atoms with E-state index < -0.39 is 0 Å². The molecule has 1 atom stereocenters. The zero-order valence-corrected chi connectivity index (χ0v) is 10.5. The van der Waals surface area contributed by atoms with Crippen LogP contribution in [0.3, 0.4) is 0 Å². The lowest BCUT2D eigenvalue weighted by atomic mass is 9.88. The molecule has 0 bridgehead atoms. The van der Waals surface area contributed by atoms with Crippen molar-refractivity contribution >= 4 is 5.95 Å². The molecular formula is C12H21N3O. The van der Waals surface area contributed by atoms with Crippen molar-refractivity contribution in [3.05, 3.63) is 18.0 Å². The van der Waals surface area contributed by atoms with Crippen molar-refractivity contribution in [1.29, 1.82) is 0 Å². The van der Waals surface area contributed by atoms with Gasteiger partial charge in [0.05, 0.1) is 12.6 Å². The molecule has 0 aliphatic rings. The van der Waals surface area contributed by atoms with Crippen LogP contribution < -0.4 is 5.32 Å². The van der Waals surface area contributed by atoms with E-state index in [4.69, 9.17) is 0 Å². The number of hydrogen-bond donors (Lipinski definition) is 2. The molecule has 1 aromatic rings. The first-order chi connectivity index (χ1) is 7.40. The minimum atomic E-state index is 0.00251. The summed E-state index contributed by atoms with van der Waals surface area (Å²) in [5.74, 6) is 0.578. The third kappa shape index (κ3) is 4.57. The molecule has 0 amide bonds. The first-order valence-electron chi connectivity index (χ1n) is 5.57. The SMILES string of the molecule is Cc1cnc(NC(CO)CC(C)(C)C)nc1. The summed E-state index contributed by atoms with van der Waals surface area (Å²) in [4.78, 5) is 8.33. The van der Waals surface area contributed by atoms with Gasteiger partial charge in [-0.15, -0.1) is 0 Å². The zero-order chi connectivity index (χ0) is 12.2. The van der Waals surface area contributed by atoms with Crippen molar-refractivity contribution < 1.29 is 5.11 Å². The summed E-state index contributed by atoms with van der Waals surface area (Å²) >= 11 is 0. The average molecular weight is 223 g/mol. The van der Waals surface area contributed by atoms with Gasteiger partial charge in [0, 0.05) is 12.4 Å². The maximum absolute atomic E-state index is 9.29. The summed E-state index contributed by atoms with van der Waals surface area (Å²) in [6.45, 7) is 8.48. The van der Waals surface area contributed by atoms with Gasteiger partial charge in [0.1, 0.15) is 0 Å². The molecule has 0 aromatic carbocycles. The molecule has 2 N–H and O–H groups in total. The lowest BCUT2D eigenvalue weighted by Crippen LogP contribution is -2.29. The monoisotopic (exact) mass is 223 g/mol. The number of aromatic nitrogens is 2. The second-order valence-electron chi connectivity index (χ2n) is 5.37. The molecule has 1 unspecified atom stereocenters. The van der Waals surface area contributed by atoms with Crippen LogP contribution in [0.25, 0.3) is 0 Å². The van der Waals surface area contributed by atoms with Crippen molar-refractivity contribution in [3.63, 3.8) is 0 Å². The van der Waals surface area contributed by atoms with Gasteiger partial charge < -0.3 is 10.4 Å². The Labute approximate surface area is 97.1 Å². The Morgan fingerprint density at radius 3 is 2.31 bits per heavy atom. The summed E-state index contributed by atoms with van der Waals surface area (Å²) in [6.07, 6.45) is 4.41. The second kappa shape index (κ2) is 5.25. The fourth-order valence-corrected chi connectivity index (χ4v) is 1.55. The molecule has 0 aliphatic heterocycles. The van der Waals surface area contributed by atoms with Crippen LogP contribution in [0.1, 0.15) is 32.8 Å². The number of hydrogen-bond acceptors (Lipinski definition) is 4. The molecule has 4 heteroatoms. The van der Waals surface area contributed by atoms with E-state index in [0.717, 1.165) is 12.0 Å². The van der Waals surface area contributed by atoms with Crippen LogP contribution in [0.2, 0.25) is 0 Å². The lowest BCUT2D eigenvalue weighted by molar-refractivity contribution is 0.233. The molecule has 0 saturated heterocycles. The van der Waals surface area contributed by atoms with Crippen molar-refractivity contribution in [2.75, 3.05) is 11.9 Å². The van der Waals surface area contributed by atoms with Crippen molar-refractivity contribution in [1.82, 2.24) is 9.97 Å². The first kappa shape index (κ1) is 12.9. The zero-order valence-electron chi connectivity index (χ0n) is 10.5. The maximum Gasteiger partial charge on any atom is 0.222 e. The minimum Gasteiger partial charge on any atom is -0.394 e. The van der Waals surface area contributed by atoms with Crippen molar-refractivity contribution in [3.8, 4) is 0 Å². The third-order valence-corrected chi connectivity index (χ3v) is 2.19. The number of anilines is 1. The molecule has 16 heavy (non-hydrogen) atoms. The Hall–Kier alpha value is -1.16. The second-order valence-corrected chi connectivity index (χ2v) is 5.37. The smallest absolute Gasteiger partial charge is 0.222 e. The Morgan fingerprint density at radius 2 is 1.88 bits per heavy atom. The molecule has 0 fully saturated rings. The van der Waals surface area contributed by atoms with Gasteiger partial charge in [0.2, 0.25) is 5.95 Å². The van der Waals surface area contributed by atoms with Crippen LogP contribution in [0.15, 0.2) is 12.4 Å². The van der Waals surface area contributed by atoms with Gasteiger partial charge in [-0.05, 0) is 24.3 Å². The van der Waals surface area contributed by atoms with Gasteiger partial charge in [-0.1, -0.05) is 20.8 Å². The summed E-state index contributed by atoms with van der Waals surface area (Å²) in [7, 11) is 0. The van der Waals surface area contributed by atoms with E-state index >= 15 is 0 Å². The summed E-state index contributed by atoms with van der Waals surface area (Å²) < 4.78 is 0. The van der Waals surface area contributed by atoms with Crippen LogP contribution in [0.4, 0.5) is 5.95 Å². The van der Waals surface area contributed by atoms with Crippen LogP contribution >= 0.6 is 0 Å². The Balaban J connectivity index is 2.60. The van der Waals surface area contributed by atoms with Gasteiger partial charge in [-0.25, -0.2) is 9.97 Å². The highest BCUT2D eigenvalue weighted by molar-refractivity contribution is 5.26. The largest absolute Gasteiger partial charge is 0.394 e. The molecule has 0 spiro atoms. The fourth-order valence-electron chi connectivity index (χ4n) is 1.55. The van der Waals surface area contributed by atoms with Gasteiger partial charge in [-0.2, -0.15) is 0 Å². The van der Waals surface area contributed by atoms with Crippen LogP contribution in [0, 0.1) is 12.3 Å². The van der Waals surface area contributed by atoms with E-state index in [-0.39, 0.29) is 18.1 Å². The summed E-state index contributed by atoms with van der Waals surface area (Å²) in [5.41, 5.74) is 1.20. The number of nitrogens with one attached hydrogen (secondary N) is 1. The molecule has 1 aromatic heterocycles. The number of aliphatic hydroxyl groups excluding tert-OH is 1. The lowest BCUT2D eigenvalue weighted by Gasteiger charge is -2.25. The van der Waals surface area contributed by atoms with E-state index in [2.05, 4.69) is 36.1 Å². The standard InChI is InChI=1S/C12H21N3O/c1-9-6-13-11(14-7-9)15-10(8-16)5-12(2,3)4/h6-7,10,16H,5,8H2,1-4H3,(H,13,14,15). The predicted molar refractivity (Wildman–Crippen MR) is 65.3 cm³/mol. The van der Waals surface area contributed by atoms with Gasteiger partial charge in [0.15, 0.2) is 0 Å². The maximum atomic E-state index is 9.29. The van der Waals surface area contributed by atoms with E-state index in [0.29, 0.717) is 5.95 Å². The highest BCUT2D eigenvalue weighted by atomic mass is 16.3.